The van der Waals surface area contributed by atoms with Crippen LogP contribution >= 0.6 is 0 Å². The third-order valence-electron chi connectivity index (χ3n) is 4.31. The Balaban J connectivity index is 2.53. The fraction of sp³-hybridized carbons (Fsp3) is 0.389. The standard InChI is InChI=1S/C18H21N3O5/c1-4-5-14(22)20-17-11(3)19-10(2)15(18(23)24)16(17)12-6-8-13(9-7-12)21(25)26/h6-9,15-16H,4-5H2,1-3H3,(H,20,22)(H,23,24). The van der Waals surface area contributed by atoms with Crippen LogP contribution in [0, 0.1) is 16.0 Å². The van der Waals surface area contributed by atoms with Crippen LogP contribution in [0.1, 0.15) is 45.1 Å². The third-order valence-corrected chi connectivity index (χ3v) is 4.31. The van der Waals surface area contributed by atoms with E-state index in [0.29, 0.717) is 35.5 Å². The molecule has 26 heavy (non-hydrogen) atoms. The zero-order valence-electron chi connectivity index (χ0n) is 14.9. The number of aliphatic imine (C=N–C) groups is 1. The van der Waals surface area contributed by atoms with Gasteiger partial charge in [0.2, 0.25) is 5.91 Å². The number of carbonyl (C=O) groups excluding carboxylic acids is 1. The van der Waals surface area contributed by atoms with E-state index < -0.39 is 22.7 Å². The summed E-state index contributed by atoms with van der Waals surface area (Å²) in [6, 6.07) is 5.71. The van der Waals surface area contributed by atoms with Gasteiger partial charge in [0.05, 0.1) is 10.6 Å². The van der Waals surface area contributed by atoms with Crippen LogP contribution in [-0.4, -0.2) is 27.6 Å². The number of carboxylic acid groups (broad SMARTS) is 1. The van der Waals surface area contributed by atoms with E-state index in [1.54, 1.807) is 13.8 Å². The predicted octanol–water partition coefficient (Wildman–Crippen LogP) is 3.00. The number of rotatable bonds is 6. The first-order chi connectivity index (χ1) is 12.3. The molecule has 0 radical (unpaired) electrons. The zero-order valence-corrected chi connectivity index (χ0v) is 14.9. The second-order valence-electron chi connectivity index (χ2n) is 6.19. The minimum atomic E-state index is -1.07. The van der Waals surface area contributed by atoms with Gasteiger partial charge in [-0.2, -0.15) is 0 Å². The normalized spacial score (nSPS) is 19.7. The number of aliphatic carboxylic acids is 1. The maximum Gasteiger partial charge on any atom is 0.313 e. The predicted molar refractivity (Wildman–Crippen MR) is 95.8 cm³/mol. The lowest BCUT2D eigenvalue weighted by Crippen LogP contribution is -2.38. The second-order valence-corrected chi connectivity index (χ2v) is 6.19. The number of carbonyl (C=O) groups is 2. The van der Waals surface area contributed by atoms with Gasteiger partial charge >= 0.3 is 5.97 Å². The molecule has 1 aromatic rings. The van der Waals surface area contributed by atoms with Gasteiger partial charge in [-0.25, -0.2) is 0 Å². The van der Waals surface area contributed by atoms with E-state index >= 15 is 0 Å². The number of nitrogens with one attached hydrogen (secondary N) is 1. The van der Waals surface area contributed by atoms with Gasteiger partial charge in [-0.15, -0.1) is 0 Å². The number of hydrogen-bond donors (Lipinski definition) is 2. The van der Waals surface area contributed by atoms with Crippen molar-refractivity contribution in [1.29, 1.82) is 0 Å². The van der Waals surface area contributed by atoms with E-state index in [1.807, 2.05) is 6.92 Å². The monoisotopic (exact) mass is 359 g/mol. The Hall–Kier alpha value is -3.03. The second kappa shape index (κ2) is 7.90. The average molecular weight is 359 g/mol. The number of amides is 1. The maximum absolute atomic E-state index is 12.1. The summed E-state index contributed by atoms with van der Waals surface area (Å²) in [6.45, 7) is 5.21. The maximum atomic E-state index is 12.1. The van der Waals surface area contributed by atoms with Gasteiger partial charge < -0.3 is 10.4 Å². The Morgan fingerprint density at radius 3 is 2.38 bits per heavy atom. The van der Waals surface area contributed by atoms with Crippen LogP contribution in [0.15, 0.2) is 40.7 Å². The largest absolute Gasteiger partial charge is 0.481 e. The van der Waals surface area contributed by atoms with E-state index in [1.165, 1.54) is 24.3 Å². The van der Waals surface area contributed by atoms with Crippen LogP contribution in [0.5, 0.6) is 0 Å². The molecule has 2 rings (SSSR count). The molecule has 0 bridgehead atoms. The van der Waals surface area contributed by atoms with Crippen LogP contribution in [0.4, 0.5) is 5.69 Å². The molecule has 8 nitrogen and oxygen atoms in total. The highest BCUT2D eigenvalue weighted by Crippen LogP contribution is 2.38. The molecule has 138 valence electrons. The van der Waals surface area contributed by atoms with Gasteiger partial charge in [-0.3, -0.25) is 24.7 Å². The molecule has 0 aromatic heterocycles. The number of nitrogens with zero attached hydrogens (tertiary/aromatic N) is 2. The van der Waals surface area contributed by atoms with Crippen molar-refractivity contribution in [3.8, 4) is 0 Å². The molecule has 0 fully saturated rings. The Labute approximate surface area is 150 Å². The number of allylic oxidation sites excluding steroid dienone is 2. The van der Waals surface area contributed by atoms with Gasteiger partial charge in [0.25, 0.3) is 5.69 Å². The molecular weight excluding hydrogens is 338 g/mol. The summed E-state index contributed by atoms with van der Waals surface area (Å²) in [6.07, 6.45) is 0.967. The minimum absolute atomic E-state index is 0.0842. The van der Waals surface area contributed by atoms with Gasteiger partial charge in [0, 0.05) is 35.9 Å². The van der Waals surface area contributed by atoms with E-state index in [0.717, 1.165) is 0 Å². The molecule has 2 unspecified atom stereocenters. The van der Waals surface area contributed by atoms with E-state index in [-0.39, 0.29) is 11.6 Å². The summed E-state index contributed by atoms with van der Waals surface area (Å²) in [7, 11) is 0. The smallest absolute Gasteiger partial charge is 0.313 e. The summed E-state index contributed by atoms with van der Waals surface area (Å²) < 4.78 is 0. The molecule has 0 spiro atoms. The summed E-state index contributed by atoms with van der Waals surface area (Å²) in [5.41, 5.74) is 1.87. The zero-order chi connectivity index (χ0) is 19.4. The number of hydrogen-bond acceptors (Lipinski definition) is 5. The molecule has 8 heteroatoms. The highest BCUT2D eigenvalue weighted by atomic mass is 16.6. The van der Waals surface area contributed by atoms with Crippen molar-refractivity contribution >= 4 is 23.3 Å². The van der Waals surface area contributed by atoms with Crippen molar-refractivity contribution in [2.75, 3.05) is 0 Å². The summed E-state index contributed by atoms with van der Waals surface area (Å²) in [4.78, 5) is 38.6. The lowest BCUT2D eigenvalue weighted by Gasteiger charge is -2.31. The summed E-state index contributed by atoms with van der Waals surface area (Å²) in [5.74, 6) is -2.92. The molecule has 1 amide bonds. The van der Waals surface area contributed by atoms with Crippen molar-refractivity contribution in [2.24, 2.45) is 10.9 Å². The summed E-state index contributed by atoms with van der Waals surface area (Å²) in [5, 5.41) is 23.4. The number of benzene rings is 1. The Bertz CT molecular complexity index is 796. The SMILES string of the molecule is CCCC(=O)NC1=C(C)N=C(C)C(C(=O)O)C1c1ccc([N+](=O)[O-])cc1. The van der Waals surface area contributed by atoms with Crippen molar-refractivity contribution < 1.29 is 19.6 Å². The molecule has 2 N–H and O–H groups in total. The van der Waals surface area contributed by atoms with Gasteiger partial charge in [-0.05, 0) is 25.8 Å². The first-order valence-corrected chi connectivity index (χ1v) is 8.29. The van der Waals surface area contributed by atoms with Crippen LogP contribution < -0.4 is 5.32 Å². The number of nitro groups is 1. The lowest BCUT2D eigenvalue weighted by atomic mass is 9.78. The molecule has 1 heterocycles. The van der Waals surface area contributed by atoms with E-state index in [2.05, 4.69) is 10.3 Å². The van der Waals surface area contributed by atoms with Gasteiger partial charge in [-0.1, -0.05) is 19.1 Å². The fourth-order valence-electron chi connectivity index (χ4n) is 3.12. The van der Waals surface area contributed by atoms with Crippen molar-refractivity contribution in [3.05, 3.63) is 51.3 Å². The van der Waals surface area contributed by atoms with Crippen LogP contribution in [0.3, 0.4) is 0 Å². The van der Waals surface area contributed by atoms with E-state index in [4.69, 9.17) is 0 Å². The molecule has 1 aliphatic rings. The summed E-state index contributed by atoms with van der Waals surface area (Å²) >= 11 is 0. The Morgan fingerprint density at radius 1 is 1.27 bits per heavy atom. The molecule has 1 aromatic carbocycles. The van der Waals surface area contributed by atoms with Crippen LogP contribution in [0.25, 0.3) is 0 Å². The lowest BCUT2D eigenvalue weighted by molar-refractivity contribution is -0.384. The van der Waals surface area contributed by atoms with E-state index in [9.17, 15) is 24.8 Å². The van der Waals surface area contributed by atoms with Crippen molar-refractivity contribution in [2.45, 2.75) is 39.5 Å². The molecule has 0 saturated heterocycles. The first-order valence-electron chi connectivity index (χ1n) is 8.29. The molecule has 1 aliphatic heterocycles. The van der Waals surface area contributed by atoms with Crippen LogP contribution in [-0.2, 0) is 9.59 Å². The third kappa shape index (κ3) is 3.96. The molecule has 0 aliphatic carbocycles. The number of non-ortho nitro benzene ring substituents is 1. The molecule has 2 atom stereocenters. The minimum Gasteiger partial charge on any atom is -0.481 e. The fourth-order valence-corrected chi connectivity index (χ4v) is 3.12. The van der Waals surface area contributed by atoms with Gasteiger partial charge in [0.15, 0.2) is 0 Å². The van der Waals surface area contributed by atoms with Gasteiger partial charge in [0.1, 0.15) is 5.92 Å². The highest BCUT2D eigenvalue weighted by molar-refractivity contribution is 6.03. The quantitative estimate of drug-likeness (QED) is 0.597. The Kier molecular flexibility index (Phi) is 5.86. The Morgan fingerprint density at radius 2 is 1.88 bits per heavy atom. The average Bonchev–Trinajstić information content (AvgIpc) is 2.56. The topological polar surface area (TPSA) is 122 Å². The number of nitro benzene ring substituents is 1. The first kappa shape index (κ1) is 19.3. The molecule has 0 saturated carbocycles. The van der Waals surface area contributed by atoms with Crippen molar-refractivity contribution in [3.63, 3.8) is 0 Å². The molecular formula is C18H21N3O5. The number of carboxylic acids is 1. The van der Waals surface area contributed by atoms with Crippen molar-refractivity contribution in [1.82, 2.24) is 5.32 Å². The van der Waals surface area contributed by atoms with Crippen LogP contribution in [0.2, 0.25) is 0 Å². The highest BCUT2D eigenvalue weighted by Gasteiger charge is 2.39.